The number of aromatic nitrogens is 3. The molecule has 4 aromatic rings. The van der Waals surface area contributed by atoms with Crippen LogP contribution in [0.25, 0.3) is 27.5 Å². The van der Waals surface area contributed by atoms with Crippen LogP contribution in [0.4, 0.5) is 0 Å². The lowest BCUT2D eigenvalue weighted by Crippen LogP contribution is -2.23. The first-order chi connectivity index (χ1) is 13.5. The highest BCUT2D eigenvalue weighted by Gasteiger charge is 2.29. The maximum atomic E-state index is 12.7. The Morgan fingerprint density at radius 3 is 2.71 bits per heavy atom. The average Bonchev–Trinajstić information content (AvgIpc) is 3.45. The number of hydrogen-bond acceptors (Lipinski definition) is 3. The molecule has 0 atom stereocenters. The van der Waals surface area contributed by atoms with E-state index in [1.165, 1.54) is 4.40 Å². The van der Waals surface area contributed by atoms with Gasteiger partial charge in [0.1, 0.15) is 5.56 Å². The van der Waals surface area contributed by atoms with E-state index in [0.717, 1.165) is 51.5 Å². The maximum absolute atomic E-state index is 12.7. The van der Waals surface area contributed by atoms with Crippen LogP contribution in [0.1, 0.15) is 40.2 Å². The van der Waals surface area contributed by atoms with E-state index in [2.05, 4.69) is 17.2 Å². The van der Waals surface area contributed by atoms with Crippen molar-refractivity contribution in [1.29, 1.82) is 0 Å². The van der Waals surface area contributed by atoms with Crippen molar-refractivity contribution in [2.45, 2.75) is 25.7 Å². The molecule has 0 saturated heterocycles. The highest BCUT2D eigenvalue weighted by molar-refractivity contribution is 5.90. The first kappa shape index (κ1) is 16.7. The highest BCUT2D eigenvalue weighted by Crippen LogP contribution is 2.43. The van der Waals surface area contributed by atoms with Gasteiger partial charge in [0.25, 0.3) is 5.56 Å². The second kappa shape index (κ2) is 5.79. The van der Waals surface area contributed by atoms with Gasteiger partial charge < -0.3 is 5.11 Å². The molecule has 0 unspecified atom stereocenters. The van der Waals surface area contributed by atoms with Crippen LogP contribution in [-0.2, 0) is 7.05 Å². The Kier molecular flexibility index (Phi) is 3.46. The van der Waals surface area contributed by atoms with Crippen LogP contribution in [-0.4, -0.2) is 25.3 Å². The van der Waals surface area contributed by atoms with Gasteiger partial charge in [0, 0.05) is 18.6 Å². The number of carboxylic acid groups (broad SMARTS) is 1. The molecule has 1 saturated carbocycles. The second-order valence-electron chi connectivity index (χ2n) is 7.51. The standard InChI is InChI=1S/C22H19N3O3/c1-12-16(14-5-6-19-15(9-14)11-23-24(19)2)7-8-25-20(12)17(13-3-4-13)10-18(21(25)26)22(27)28/h5-11,13H,3-4H2,1-2H3,(H,27,28). The van der Waals surface area contributed by atoms with E-state index in [-0.39, 0.29) is 5.56 Å². The monoisotopic (exact) mass is 373 g/mol. The number of nitrogens with zero attached hydrogens (tertiary/aromatic N) is 3. The third-order valence-corrected chi connectivity index (χ3v) is 5.72. The summed E-state index contributed by atoms with van der Waals surface area (Å²) in [6, 6.07) is 9.68. The quantitative estimate of drug-likeness (QED) is 0.594. The van der Waals surface area contributed by atoms with E-state index in [0.29, 0.717) is 5.92 Å². The first-order valence-corrected chi connectivity index (χ1v) is 9.30. The lowest BCUT2D eigenvalue weighted by atomic mass is 9.96. The summed E-state index contributed by atoms with van der Waals surface area (Å²) in [7, 11) is 1.91. The van der Waals surface area contributed by atoms with Crippen LogP contribution in [0.15, 0.2) is 47.5 Å². The van der Waals surface area contributed by atoms with Gasteiger partial charge in [-0.25, -0.2) is 4.79 Å². The summed E-state index contributed by atoms with van der Waals surface area (Å²) in [5, 5.41) is 14.8. The lowest BCUT2D eigenvalue weighted by Gasteiger charge is -2.15. The van der Waals surface area contributed by atoms with Crippen molar-refractivity contribution in [3.8, 4) is 11.1 Å². The SMILES string of the molecule is Cc1c(-c2ccc3c(cnn3C)c2)ccn2c(=O)c(C(=O)O)cc(C3CC3)c12. The van der Waals surface area contributed by atoms with Crippen LogP contribution >= 0.6 is 0 Å². The van der Waals surface area contributed by atoms with Crippen LogP contribution in [0.2, 0.25) is 0 Å². The van der Waals surface area contributed by atoms with Crippen LogP contribution < -0.4 is 5.56 Å². The highest BCUT2D eigenvalue weighted by atomic mass is 16.4. The number of fused-ring (bicyclic) bond motifs is 2. The molecule has 3 aromatic heterocycles. The molecule has 0 radical (unpaired) electrons. The lowest BCUT2D eigenvalue weighted by molar-refractivity contribution is 0.0694. The Hall–Kier alpha value is -3.41. The van der Waals surface area contributed by atoms with E-state index < -0.39 is 11.5 Å². The Morgan fingerprint density at radius 1 is 1.21 bits per heavy atom. The number of hydrogen-bond donors (Lipinski definition) is 1. The molecule has 0 spiro atoms. The smallest absolute Gasteiger partial charge is 0.341 e. The topological polar surface area (TPSA) is 76.6 Å². The minimum atomic E-state index is -1.18. The summed E-state index contributed by atoms with van der Waals surface area (Å²) >= 11 is 0. The summed E-state index contributed by atoms with van der Waals surface area (Å²) in [4.78, 5) is 24.3. The predicted octanol–water partition coefficient (Wildman–Crippen LogP) is 3.74. The third kappa shape index (κ3) is 2.37. The van der Waals surface area contributed by atoms with E-state index in [1.54, 1.807) is 12.3 Å². The van der Waals surface area contributed by atoms with Gasteiger partial charge in [-0.05, 0) is 72.2 Å². The van der Waals surface area contributed by atoms with Crippen molar-refractivity contribution in [3.63, 3.8) is 0 Å². The van der Waals surface area contributed by atoms with Gasteiger partial charge in [0.2, 0.25) is 0 Å². The van der Waals surface area contributed by atoms with E-state index in [4.69, 9.17) is 0 Å². The van der Waals surface area contributed by atoms with E-state index >= 15 is 0 Å². The fraction of sp³-hybridized carbons (Fsp3) is 0.227. The summed E-state index contributed by atoms with van der Waals surface area (Å²) in [6.45, 7) is 2.00. The molecule has 0 aliphatic heterocycles. The zero-order valence-corrected chi connectivity index (χ0v) is 15.6. The molecule has 1 aliphatic carbocycles. The van der Waals surface area contributed by atoms with Crippen molar-refractivity contribution >= 4 is 22.4 Å². The minimum Gasteiger partial charge on any atom is -0.477 e. The summed E-state index contributed by atoms with van der Waals surface area (Å²) < 4.78 is 3.34. The van der Waals surface area contributed by atoms with Crippen molar-refractivity contribution < 1.29 is 9.90 Å². The van der Waals surface area contributed by atoms with Gasteiger partial charge in [-0.1, -0.05) is 6.07 Å². The normalized spacial score (nSPS) is 14.1. The molecule has 1 N–H and O–H groups in total. The van der Waals surface area contributed by atoms with Crippen molar-refractivity contribution in [3.05, 3.63) is 69.8 Å². The number of rotatable bonds is 3. The first-order valence-electron chi connectivity index (χ1n) is 9.30. The molecule has 5 rings (SSSR count). The summed E-state index contributed by atoms with van der Waals surface area (Å²) in [6.07, 6.45) is 5.59. The molecule has 1 fully saturated rings. The van der Waals surface area contributed by atoms with Gasteiger partial charge in [0.15, 0.2) is 0 Å². The number of aromatic carboxylic acids is 1. The summed E-state index contributed by atoms with van der Waals surface area (Å²) in [5.74, 6) is -0.853. The molecule has 28 heavy (non-hydrogen) atoms. The van der Waals surface area contributed by atoms with Crippen molar-refractivity contribution in [2.75, 3.05) is 0 Å². The Balaban J connectivity index is 1.80. The maximum Gasteiger partial charge on any atom is 0.341 e. The molecule has 1 aliphatic rings. The van der Waals surface area contributed by atoms with Crippen LogP contribution in [0.5, 0.6) is 0 Å². The van der Waals surface area contributed by atoms with Gasteiger partial charge >= 0.3 is 5.97 Å². The Bertz CT molecular complexity index is 1340. The molecule has 6 heteroatoms. The molecule has 0 bridgehead atoms. The van der Waals surface area contributed by atoms with E-state index in [9.17, 15) is 14.7 Å². The molecule has 6 nitrogen and oxygen atoms in total. The zero-order chi connectivity index (χ0) is 19.6. The Labute approximate surface area is 160 Å². The fourth-order valence-corrected chi connectivity index (χ4v) is 4.10. The number of aryl methyl sites for hydroxylation is 2. The number of carboxylic acids is 1. The Morgan fingerprint density at radius 2 is 2.00 bits per heavy atom. The van der Waals surface area contributed by atoms with Crippen LogP contribution in [0, 0.1) is 6.92 Å². The summed E-state index contributed by atoms with van der Waals surface area (Å²) in [5.41, 5.74) is 5.28. The average molecular weight is 373 g/mol. The molecule has 1 aromatic carbocycles. The number of carbonyl (C=O) groups is 1. The zero-order valence-electron chi connectivity index (χ0n) is 15.6. The molecule has 0 amide bonds. The van der Waals surface area contributed by atoms with Gasteiger partial charge in [-0.15, -0.1) is 0 Å². The van der Waals surface area contributed by atoms with Gasteiger partial charge in [-0.3, -0.25) is 13.9 Å². The van der Waals surface area contributed by atoms with Crippen molar-refractivity contribution in [1.82, 2.24) is 14.2 Å². The minimum absolute atomic E-state index is 0.164. The fourth-order valence-electron chi connectivity index (χ4n) is 4.10. The molecule has 140 valence electrons. The third-order valence-electron chi connectivity index (χ3n) is 5.72. The van der Waals surface area contributed by atoms with Gasteiger partial charge in [0.05, 0.1) is 17.2 Å². The molecular weight excluding hydrogens is 354 g/mol. The van der Waals surface area contributed by atoms with Crippen molar-refractivity contribution in [2.24, 2.45) is 7.05 Å². The number of pyridine rings is 2. The largest absolute Gasteiger partial charge is 0.477 e. The molecular formula is C22H19N3O3. The predicted molar refractivity (Wildman–Crippen MR) is 107 cm³/mol. The van der Waals surface area contributed by atoms with Crippen LogP contribution in [0.3, 0.4) is 0 Å². The van der Waals surface area contributed by atoms with Gasteiger partial charge in [-0.2, -0.15) is 5.10 Å². The second-order valence-corrected chi connectivity index (χ2v) is 7.51. The van der Waals surface area contributed by atoms with E-state index in [1.807, 2.05) is 37.0 Å². The molecule has 3 heterocycles. The number of benzene rings is 1.